The fraction of sp³-hybridized carbons (Fsp3) is 0.462. The van der Waals surface area contributed by atoms with Crippen molar-refractivity contribution in [1.82, 2.24) is 19.9 Å². The molecule has 0 bridgehead atoms. The highest BCUT2D eigenvalue weighted by molar-refractivity contribution is 7.09. The van der Waals surface area contributed by atoms with Gasteiger partial charge in [-0.3, -0.25) is 4.90 Å². The number of nitrogens with zero attached hydrogens (tertiary/aromatic N) is 4. The van der Waals surface area contributed by atoms with Gasteiger partial charge in [-0.1, -0.05) is 0 Å². The number of hydrogen-bond donors (Lipinski definition) is 0. The van der Waals surface area contributed by atoms with Crippen LogP contribution < -0.4 is 0 Å². The van der Waals surface area contributed by atoms with Crippen molar-refractivity contribution < 1.29 is 0 Å². The van der Waals surface area contributed by atoms with Crippen molar-refractivity contribution in [3.63, 3.8) is 0 Å². The highest BCUT2D eigenvalue weighted by atomic mass is 32.1. The lowest BCUT2D eigenvalue weighted by Gasteiger charge is -2.17. The fourth-order valence-corrected chi connectivity index (χ4v) is 3.07. The van der Waals surface area contributed by atoms with Crippen LogP contribution in [0.5, 0.6) is 0 Å². The second-order valence-corrected chi connectivity index (χ2v) is 5.57. The van der Waals surface area contributed by atoms with E-state index in [1.807, 2.05) is 11.6 Å². The van der Waals surface area contributed by atoms with Crippen LogP contribution in [0.4, 0.5) is 0 Å². The van der Waals surface area contributed by atoms with Gasteiger partial charge in [0.15, 0.2) is 0 Å². The van der Waals surface area contributed by atoms with Gasteiger partial charge in [0, 0.05) is 42.5 Å². The number of rotatable bonds is 2. The van der Waals surface area contributed by atoms with E-state index in [0.717, 1.165) is 38.2 Å². The number of aryl methyl sites for hydroxylation is 1. The zero-order valence-electron chi connectivity index (χ0n) is 10.5. The van der Waals surface area contributed by atoms with Crippen LogP contribution in [0, 0.1) is 6.92 Å². The molecule has 0 amide bonds. The maximum atomic E-state index is 4.42. The molecule has 0 aromatic carbocycles. The van der Waals surface area contributed by atoms with Gasteiger partial charge in [0.05, 0.1) is 6.54 Å². The smallest absolute Gasteiger partial charge is 0.115 e. The van der Waals surface area contributed by atoms with Gasteiger partial charge in [-0.25, -0.2) is 15.0 Å². The highest BCUT2D eigenvalue weighted by Crippen LogP contribution is 2.17. The molecule has 0 saturated carbocycles. The van der Waals surface area contributed by atoms with Crippen molar-refractivity contribution in [1.29, 1.82) is 0 Å². The third-order valence-electron chi connectivity index (χ3n) is 3.44. The normalized spacial score (nSPS) is 16.3. The summed E-state index contributed by atoms with van der Waals surface area (Å²) in [6.07, 6.45) is 5.63. The lowest BCUT2D eigenvalue weighted by atomic mass is 10.1. The van der Waals surface area contributed by atoms with Crippen LogP contribution in [-0.2, 0) is 19.4 Å². The van der Waals surface area contributed by atoms with Gasteiger partial charge >= 0.3 is 0 Å². The summed E-state index contributed by atoms with van der Waals surface area (Å²) in [5.74, 6) is 0. The molecule has 1 aliphatic rings. The lowest BCUT2D eigenvalue weighted by molar-refractivity contribution is 0.278. The summed E-state index contributed by atoms with van der Waals surface area (Å²) in [5, 5.41) is 3.24. The average molecular weight is 260 g/mol. The summed E-state index contributed by atoms with van der Waals surface area (Å²) in [6.45, 7) is 5.17. The molecule has 5 heteroatoms. The van der Waals surface area contributed by atoms with Gasteiger partial charge in [0.2, 0.25) is 0 Å². The Kier molecular flexibility index (Phi) is 3.34. The van der Waals surface area contributed by atoms with Crippen molar-refractivity contribution >= 4 is 11.3 Å². The van der Waals surface area contributed by atoms with E-state index in [1.165, 1.54) is 16.3 Å². The minimum atomic E-state index is 0.956. The second-order valence-electron chi connectivity index (χ2n) is 4.59. The van der Waals surface area contributed by atoms with Crippen molar-refractivity contribution in [2.75, 3.05) is 13.1 Å². The molecule has 0 aliphatic carbocycles. The molecule has 0 N–H and O–H groups in total. The Morgan fingerprint density at radius 1 is 1.22 bits per heavy atom. The van der Waals surface area contributed by atoms with E-state index in [9.17, 15) is 0 Å². The summed E-state index contributed by atoms with van der Waals surface area (Å²) in [7, 11) is 0. The molecule has 0 spiro atoms. The first-order valence-electron chi connectivity index (χ1n) is 6.23. The first-order valence-corrected chi connectivity index (χ1v) is 7.11. The van der Waals surface area contributed by atoms with E-state index in [0.29, 0.717) is 0 Å². The number of hydrogen-bond acceptors (Lipinski definition) is 5. The molecule has 18 heavy (non-hydrogen) atoms. The molecule has 3 heterocycles. The molecule has 0 saturated heterocycles. The first kappa shape index (κ1) is 11.7. The van der Waals surface area contributed by atoms with Gasteiger partial charge in [0.1, 0.15) is 11.3 Å². The topological polar surface area (TPSA) is 41.9 Å². The average Bonchev–Trinajstić information content (AvgIpc) is 2.78. The van der Waals surface area contributed by atoms with Gasteiger partial charge in [-0.2, -0.15) is 0 Å². The summed E-state index contributed by atoms with van der Waals surface area (Å²) in [4.78, 5) is 15.5. The highest BCUT2D eigenvalue weighted by Gasteiger charge is 2.17. The minimum absolute atomic E-state index is 0.956. The predicted octanol–water partition coefficient (Wildman–Crippen LogP) is 1.84. The Hall–Kier alpha value is -1.33. The molecule has 94 valence electrons. The summed E-state index contributed by atoms with van der Waals surface area (Å²) in [5.41, 5.74) is 3.71. The fourth-order valence-electron chi connectivity index (χ4n) is 2.42. The van der Waals surface area contributed by atoms with Crippen LogP contribution in [0.3, 0.4) is 0 Å². The molecular formula is C13H16N4S. The van der Waals surface area contributed by atoms with E-state index in [4.69, 9.17) is 0 Å². The van der Waals surface area contributed by atoms with Crippen molar-refractivity contribution in [3.05, 3.63) is 39.9 Å². The zero-order valence-corrected chi connectivity index (χ0v) is 11.3. The second kappa shape index (κ2) is 5.12. The van der Waals surface area contributed by atoms with E-state index in [1.54, 1.807) is 17.7 Å². The van der Waals surface area contributed by atoms with Gasteiger partial charge in [0.25, 0.3) is 0 Å². The molecule has 1 aliphatic heterocycles. The van der Waals surface area contributed by atoms with Crippen LogP contribution in [-0.4, -0.2) is 32.9 Å². The van der Waals surface area contributed by atoms with Crippen LogP contribution in [0.1, 0.15) is 22.0 Å². The van der Waals surface area contributed by atoms with Crippen molar-refractivity contribution in [2.45, 2.75) is 26.3 Å². The maximum Gasteiger partial charge on any atom is 0.115 e. The SMILES string of the molecule is Cc1ncnc2c1CCN(Cc1nccs1)CC2. The Labute approximate surface area is 111 Å². The quantitative estimate of drug-likeness (QED) is 0.826. The zero-order chi connectivity index (χ0) is 12.4. The van der Waals surface area contributed by atoms with Gasteiger partial charge < -0.3 is 0 Å². The number of thiazole rings is 1. The monoisotopic (exact) mass is 260 g/mol. The molecule has 0 unspecified atom stereocenters. The Morgan fingerprint density at radius 3 is 2.94 bits per heavy atom. The Bertz CT molecular complexity index is 524. The van der Waals surface area contributed by atoms with Crippen molar-refractivity contribution in [2.24, 2.45) is 0 Å². The third kappa shape index (κ3) is 2.42. The van der Waals surface area contributed by atoms with Crippen molar-refractivity contribution in [3.8, 4) is 0 Å². The van der Waals surface area contributed by atoms with Crippen LogP contribution in [0.15, 0.2) is 17.9 Å². The molecule has 0 atom stereocenters. The Morgan fingerprint density at radius 2 is 2.11 bits per heavy atom. The summed E-state index contributed by atoms with van der Waals surface area (Å²) in [6, 6.07) is 0. The van der Waals surface area contributed by atoms with E-state index in [2.05, 4.69) is 26.8 Å². The largest absolute Gasteiger partial charge is 0.296 e. The van der Waals surface area contributed by atoms with Gasteiger partial charge in [-0.05, 0) is 18.9 Å². The van der Waals surface area contributed by atoms with Crippen LogP contribution >= 0.6 is 11.3 Å². The van der Waals surface area contributed by atoms with E-state index in [-0.39, 0.29) is 0 Å². The van der Waals surface area contributed by atoms with Crippen LogP contribution in [0.25, 0.3) is 0 Å². The molecule has 2 aromatic heterocycles. The number of fused-ring (bicyclic) bond motifs is 1. The Balaban J connectivity index is 1.73. The molecule has 0 radical (unpaired) electrons. The third-order valence-corrected chi connectivity index (χ3v) is 4.20. The standard InChI is InChI=1S/C13H16N4S/c1-10-11-2-5-17(8-13-14-4-7-18-13)6-3-12(11)16-9-15-10/h4,7,9H,2-3,5-6,8H2,1H3. The molecular weight excluding hydrogens is 244 g/mol. The van der Waals surface area contributed by atoms with E-state index >= 15 is 0 Å². The molecule has 0 fully saturated rings. The van der Waals surface area contributed by atoms with E-state index < -0.39 is 0 Å². The summed E-state index contributed by atoms with van der Waals surface area (Å²) < 4.78 is 0. The number of aromatic nitrogens is 3. The molecule has 2 aromatic rings. The predicted molar refractivity (Wildman–Crippen MR) is 71.6 cm³/mol. The molecule has 4 nitrogen and oxygen atoms in total. The van der Waals surface area contributed by atoms with Gasteiger partial charge in [-0.15, -0.1) is 11.3 Å². The lowest BCUT2D eigenvalue weighted by Crippen LogP contribution is -2.25. The van der Waals surface area contributed by atoms with Crippen LogP contribution in [0.2, 0.25) is 0 Å². The molecule has 3 rings (SSSR count). The maximum absolute atomic E-state index is 4.42. The summed E-state index contributed by atoms with van der Waals surface area (Å²) >= 11 is 1.73. The first-order chi connectivity index (χ1) is 8.83. The minimum Gasteiger partial charge on any atom is -0.296 e.